The van der Waals surface area contributed by atoms with Crippen molar-refractivity contribution in [3.05, 3.63) is 0 Å². The van der Waals surface area contributed by atoms with Crippen LogP contribution in [0.5, 0.6) is 0 Å². The van der Waals surface area contributed by atoms with Gasteiger partial charge >= 0.3 is 5.97 Å². The zero-order valence-corrected chi connectivity index (χ0v) is 29.2. The molecule has 18 nitrogen and oxygen atoms in total. The number of carboxylic acids is 1. The number of carbonyl (C=O) groups excluding carboxylic acids is 5. The number of nitrogens with one attached hydrogen (secondary N) is 4. The van der Waals surface area contributed by atoms with Gasteiger partial charge in [-0.15, -0.1) is 0 Å². The van der Waals surface area contributed by atoms with Gasteiger partial charge in [0.2, 0.25) is 23.6 Å². The average molecular weight is 713 g/mol. The summed E-state index contributed by atoms with van der Waals surface area (Å²) in [5, 5.41) is 32.6. The van der Waals surface area contributed by atoms with Gasteiger partial charge in [0.15, 0.2) is 5.78 Å². The number of aliphatic hydroxyl groups excluding tert-OH is 1. The quantitative estimate of drug-likeness (QED) is 0.0191. The maximum atomic E-state index is 14.0. The number of hydrogen-bond acceptors (Lipinski definition) is 12. The molecule has 2 saturated heterocycles. The number of aliphatic hydroxyl groups is 1. The molecule has 10 N–H and O–H groups in total. The van der Waals surface area contributed by atoms with E-state index in [4.69, 9.17) is 21.6 Å². The number of amidine groups is 1. The molecule has 0 spiro atoms. The van der Waals surface area contributed by atoms with Gasteiger partial charge in [-0.3, -0.25) is 29.4 Å². The largest absolute Gasteiger partial charge is 0.480 e. The van der Waals surface area contributed by atoms with E-state index in [-0.39, 0.29) is 51.5 Å². The Balaban J connectivity index is 2.14. The summed E-state index contributed by atoms with van der Waals surface area (Å²) >= 11 is 0. The Morgan fingerprint density at radius 3 is 2.20 bits per heavy atom. The molecule has 2 unspecified atom stereocenters. The molecule has 18 heteroatoms. The molecular weight excluding hydrogens is 656 g/mol. The number of Topliss-reactive ketones (excluding diaryl/α,β-unsaturated/α-hetero) is 1. The molecule has 284 valence electrons. The first-order valence-electron chi connectivity index (χ1n) is 17.3. The van der Waals surface area contributed by atoms with Gasteiger partial charge < -0.3 is 51.7 Å². The third kappa shape index (κ3) is 13.5. The molecule has 0 saturated carbocycles. The van der Waals surface area contributed by atoms with Crippen LogP contribution < -0.4 is 27.6 Å². The van der Waals surface area contributed by atoms with E-state index in [9.17, 15) is 39.0 Å². The number of carbonyl (C=O) groups is 6. The molecule has 0 aliphatic carbocycles. The minimum atomic E-state index is -1.21. The molecule has 0 bridgehead atoms. The number of unbranched alkanes of at least 4 members (excludes halogenated alkanes) is 2. The molecule has 2 fully saturated rings. The predicted molar refractivity (Wildman–Crippen MR) is 180 cm³/mol. The van der Waals surface area contributed by atoms with Crippen molar-refractivity contribution in [3.63, 3.8) is 0 Å². The van der Waals surface area contributed by atoms with Crippen LogP contribution in [0.1, 0.15) is 84.0 Å². The van der Waals surface area contributed by atoms with Crippen LogP contribution in [0.25, 0.3) is 0 Å². The monoisotopic (exact) mass is 712 g/mol. The fraction of sp³-hybridized carbons (Fsp3) is 0.781. The molecule has 0 radical (unpaired) electrons. The molecule has 50 heavy (non-hydrogen) atoms. The number of amides is 4. The maximum Gasteiger partial charge on any atom is 0.326 e. The zero-order valence-electron chi connectivity index (χ0n) is 29.2. The van der Waals surface area contributed by atoms with Crippen molar-refractivity contribution in [2.75, 3.05) is 40.1 Å². The fourth-order valence-electron chi connectivity index (χ4n) is 6.25. The summed E-state index contributed by atoms with van der Waals surface area (Å²) < 4.78 is 5.13. The van der Waals surface area contributed by atoms with Crippen molar-refractivity contribution in [2.24, 2.45) is 17.4 Å². The summed E-state index contributed by atoms with van der Waals surface area (Å²) in [6.07, 6.45) is 2.85. The number of nitrogens with two attached hydrogens (primary N) is 2. The van der Waals surface area contributed by atoms with Crippen molar-refractivity contribution < 1.29 is 48.6 Å². The third-order valence-corrected chi connectivity index (χ3v) is 8.96. The van der Waals surface area contributed by atoms with E-state index in [0.717, 1.165) is 0 Å². The first-order chi connectivity index (χ1) is 23.8. The maximum absolute atomic E-state index is 14.0. The lowest BCUT2D eigenvalue weighted by atomic mass is 9.95. The van der Waals surface area contributed by atoms with Gasteiger partial charge in [-0.05, 0) is 71.3 Å². The lowest BCUT2D eigenvalue weighted by Crippen LogP contribution is -2.57. The molecular formula is C32H56N8O10. The van der Waals surface area contributed by atoms with E-state index in [1.54, 1.807) is 0 Å². The Kier molecular flexibility index (Phi) is 18.8. The molecule has 2 aliphatic rings. The molecule has 2 rings (SSSR count). The van der Waals surface area contributed by atoms with Gasteiger partial charge in [-0.2, -0.15) is 5.48 Å². The lowest BCUT2D eigenvalue weighted by molar-refractivity contribution is -0.149. The fourth-order valence-corrected chi connectivity index (χ4v) is 6.25. The first-order valence-corrected chi connectivity index (χ1v) is 17.3. The second-order valence-corrected chi connectivity index (χ2v) is 12.8. The lowest BCUT2D eigenvalue weighted by Gasteiger charge is -2.33. The van der Waals surface area contributed by atoms with Crippen molar-refractivity contribution >= 4 is 41.2 Å². The molecule has 0 aromatic heterocycles. The topological polar surface area (TPSA) is 280 Å². The molecule has 4 amide bonds. The highest BCUT2D eigenvalue weighted by Gasteiger charge is 2.44. The molecule has 0 aromatic rings. The zero-order chi connectivity index (χ0) is 37.2. The number of likely N-dealkylation sites (tertiary alicyclic amines) is 2. The molecule has 6 atom stereocenters. The Labute approximate surface area is 292 Å². The summed E-state index contributed by atoms with van der Waals surface area (Å²) in [6, 6.07) is -4.02. The second-order valence-electron chi connectivity index (χ2n) is 12.8. The van der Waals surface area contributed by atoms with Crippen LogP contribution in [0.3, 0.4) is 0 Å². The van der Waals surface area contributed by atoms with Gasteiger partial charge in [0.1, 0.15) is 37.5 Å². The SMILES string of the molecule is CONCOCC(=O)CC(C(=O)N[C@@H](CCCCN)C(=O)N1CCC[C@H]1C(=O)N1CCC[C@H]1C(=O)N[C@H](CCCCC(=N)N)C(=O)O)C(C)O. The summed E-state index contributed by atoms with van der Waals surface area (Å²) in [5.74, 6) is -5.00. The number of carboxylic acid groups (broad SMARTS) is 1. The second kappa shape index (κ2) is 22.2. The summed E-state index contributed by atoms with van der Waals surface area (Å²) in [7, 11) is 1.38. The van der Waals surface area contributed by atoms with Gasteiger partial charge in [0.25, 0.3) is 0 Å². The number of ketones is 1. The first kappa shape index (κ1) is 42.5. The highest BCUT2D eigenvalue weighted by molar-refractivity contribution is 5.96. The summed E-state index contributed by atoms with van der Waals surface area (Å²) in [4.78, 5) is 86.4. The van der Waals surface area contributed by atoms with E-state index in [1.807, 2.05) is 0 Å². The predicted octanol–water partition coefficient (Wildman–Crippen LogP) is -1.27. The van der Waals surface area contributed by atoms with Gasteiger partial charge in [0, 0.05) is 25.9 Å². The Morgan fingerprint density at radius 2 is 1.58 bits per heavy atom. The minimum Gasteiger partial charge on any atom is -0.480 e. The van der Waals surface area contributed by atoms with Crippen LogP contribution in [0.4, 0.5) is 0 Å². The summed E-state index contributed by atoms with van der Waals surface area (Å²) in [6.45, 7) is 1.86. The van der Waals surface area contributed by atoms with Crippen LogP contribution in [0.15, 0.2) is 0 Å². The van der Waals surface area contributed by atoms with E-state index < -0.39 is 71.6 Å². The molecule has 2 aliphatic heterocycles. The van der Waals surface area contributed by atoms with E-state index in [0.29, 0.717) is 64.3 Å². The Bertz CT molecular complexity index is 1170. The Hall–Kier alpha value is -3.71. The number of rotatable bonds is 24. The standard InChI is InChI=1S/C32H56N8O10/c1-20(41)22(17-21(42)18-50-19-36-49-2)28(43)37-23(9-5-6-14-33)30(45)40-16-8-12-26(40)31(46)39-15-7-11-25(39)29(44)38-24(32(47)48)10-3-4-13-27(34)35/h20,22-26,36,41H,3-19,33H2,1-2H3,(H3,34,35)(H,37,43)(H,38,44)(H,47,48)/t20?,22?,23-,24+,25-,26-/m0/s1. The van der Waals surface area contributed by atoms with Crippen molar-refractivity contribution in [1.29, 1.82) is 5.41 Å². The normalized spacial score (nSPS) is 19.8. The number of ether oxygens (including phenoxy) is 1. The molecule has 2 heterocycles. The number of hydrogen-bond donors (Lipinski definition) is 8. The van der Waals surface area contributed by atoms with Gasteiger partial charge in [-0.25, -0.2) is 4.79 Å². The molecule has 0 aromatic carbocycles. The van der Waals surface area contributed by atoms with E-state index in [1.165, 1.54) is 23.8 Å². The van der Waals surface area contributed by atoms with Crippen LogP contribution in [0, 0.1) is 11.3 Å². The number of hydroxylamine groups is 1. The van der Waals surface area contributed by atoms with Crippen LogP contribution >= 0.6 is 0 Å². The van der Waals surface area contributed by atoms with Crippen molar-refractivity contribution in [1.82, 2.24) is 25.9 Å². The summed E-state index contributed by atoms with van der Waals surface area (Å²) in [5.41, 5.74) is 13.5. The van der Waals surface area contributed by atoms with Crippen molar-refractivity contribution in [3.8, 4) is 0 Å². The smallest absolute Gasteiger partial charge is 0.326 e. The van der Waals surface area contributed by atoms with Gasteiger partial charge in [-0.1, -0.05) is 6.42 Å². The number of nitrogens with zero attached hydrogens (tertiary/aromatic N) is 2. The van der Waals surface area contributed by atoms with Crippen LogP contribution in [0.2, 0.25) is 0 Å². The van der Waals surface area contributed by atoms with Gasteiger partial charge in [0.05, 0.1) is 25.0 Å². The van der Waals surface area contributed by atoms with Crippen LogP contribution in [-0.2, 0) is 38.3 Å². The minimum absolute atomic E-state index is 0.00105. The van der Waals surface area contributed by atoms with Crippen LogP contribution in [-0.4, -0.2) is 132 Å². The third-order valence-electron chi connectivity index (χ3n) is 8.96. The number of aliphatic carboxylic acids is 1. The highest BCUT2D eigenvalue weighted by Crippen LogP contribution is 2.26. The van der Waals surface area contributed by atoms with Crippen molar-refractivity contribution in [2.45, 2.75) is 114 Å². The highest BCUT2D eigenvalue weighted by atomic mass is 16.7. The van der Waals surface area contributed by atoms with E-state index >= 15 is 0 Å². The average Bonchev–Trinajstić information content (AvgIpc) is 3.76. The Morgan fingerprint density at radius 1 is 0.940 bits per heavy atom. The van der Waals surface area contributed by atoms with E-state index in [2.05, 4.69) is 21.0 Å².